The first kappa shape index (κ1) is 16.4. The van der Waals surface area contributed by atoms with Gasteiger partial charge in [-0.05, 0) is 37.8 Å². The fourth-order valence-electron chi connectivity index (χ4n) is 2.95. The van der Waals surface area contributed by atoms with E-state index in [0.29, 0.717) is 37.6 Å². The molecular formula is C17H20FN3O3. The molecule has 1 aromatic heterocycles. The van der Waals surface area contributed by atoms with Crippen molar-refractivity contribution >= 4 is 6.09 Å². The lowest BCUT2D eigenvalue weighted by Gasteiger charge is -2.31. The Morgan fingerprint density at radius 3 is 3.08 bits per heavy atom. The number of piperidine rings is 1. The molecule has 0 radical (unpaired) electrons. The maximum absolute atomic E-state index is 13.8. The van der Waals surface area contributed by atoms with E-state index in [1.165, 1.54) is 6.07 Å². The molecule has 0 unspecified atom stereocenters. The van der Waals surface area contributed by atoms with Crippen LogP contribution in [0.15, 0.2) is 28.8 Å². The number of benzene rings is 1. The van der Waals surface area contributed by atoms with Crippen LogP contribution >= 0.6 is 0 Å². The second-order valence-electron chi connectivity index (χ2n) is 5.85. The fourth-order valence-corrected chi connectivity index (χ4v) is 2.95. The molecule has 128 valence electrons. The first-order chi connectivity index (χ1) is 11.7. The number of likely N-dealkylation sites (tertiary alicyclic amines) is 1. The predicted octanol–water partition coefficient (Wildman–Crippen LogP) is 3.29. The predicted molar refractivity (Wildman–Crippen MR) is 84.7 cm³/mol. The Balaban J connectivity index is 1.64. The molecule has 7 heteroatoms. The highest BCUT2D eigenvalue weighted by atomic mass is 19.1. The van der Waals surface area contributed by atoms with Crippen molar-refractivity contribution in [1.29, 1.82) is 0 Å². The summed E-state index contributed by atoms with van der Waals surface area (Å²) < 4.78 is 24.1. The van der Waals surface area contributed by atoms with Crippen LogP contribution < -0.4 is 0 Å². The van der Waals surface area contributed by atoms with Crippen molar-refractivity contribution in [2.24, 2.45) is 5.92 Å². The smallest absolute Gasteiger partial charge is 0.409 e. The molecule has 1 fully saturated rings. The number of carbonyl (C=O) groups excluding carboxylic acids is 1. The number of hydrogen-bond donors (Lipinski definition) is 0. The average Bonchev–Trinajstić information content (AvgIpc) is 3.04. The lowest BCUT2D eigenvalue weighted by Crippen LogP contribution is -2.40. The molecule has 6 nitrogen and oxygen atoms in total. The molecule has 1 atom stereocenters. The molecule has 1 aliphatic rings. The Labute approximate surface area is 139 Å². The highest BCUT2D eigenvalue weighted by molar-refractivity contribution is 5.67. The summed E-state index contributed by atoms with van der Waals surface area (Å²) in [6.45, 7) is 3.48. The van der Waals surface area contributed by atoms with Crippen LogP contribution in [-0.4, -0.2) is 40.8 Å². The summed E-state index contributed by atoms with van der Waals surface area (Å²) in [7, 11) is 0. The Hall–Kier alpha value is -2.44. The summed E-state index contributed by atoms with van der Waals surface area (Å²) in [5, 5.41) is 3.86. The monoisotopic (exact) mass is 333 g/mol. The van der Waals surface area contributed by atoms with Gasteiger partial charge in [0.1, 0.15) is 5.82 Å². The van der Waals surface area contributed by atoms with Crippen LogP contribution in [-0.2, 0) is 11.2 Å². The number of hydrogen-bond acceptors (Lipinski definition) is 5. The topological polar surface area (TPSA) is 68.5 Å². The minimum atomic E-state index is -0.379. The van der Waals surface area contributed by atoms with Crippen LogP contribution in [0.1, 0.15) is 25.7 Å². The van der Waals surface area contributed by atoms with Gasteiger partial charge in [0.25, 0.3) is 0 Å². The first-order valence-electron chi connectivity index (χ1n) is 8.16. The maximum Gasteiger partial charge on any atom is 0.409 e. The lowest BCUT2D eigenvalue weighted by molar-refractivity contribution is 0.0871. The molecule has 0 spiro atoms. The number of carbonyl (C=O) groups is 1. The maximum atomic E-state index is 13.8. The molecule has 0 saturated carbocycles. The van der Waals surface area contributed by atoms with Crippen LogP contribution in [0.2, 0.25) is 0 Å². The third-order valence-corrected chi connectivity index (χ3v) is 4.09. The summed E-state index contributed by atoms with van der Waals surface area (Å²) in [5.74, 6) is 0.568. The van der Waals surface area contributed by atoms with Crippen LogP contribution in [0.4, 0.5) is 9.18 Å². The molecule has 0 bridgehead atoms. The number of nitrogens with zero attached hydrogens (tertiary/aromatic N) is 3. The van der Waals surface area contributed by atoms with E-state index < -0.39 is 0 Å². The minimum Gasteiger partial charge on any atom is -0.450 e. The van der Waals surface area contributed by atoms with Gasteiger partial charge in [-0.3, -0.25) is 0 Å². The van der Waals surface area contributed by atoms with E-state index in [1.807, 2.05) is 0 Å². The highest BCUT2D eigenvalue weighted by Gasteiger charge is 2.26. The van der Waals surface area contributed by atoms with E-state index in [1.54, 1.807) is 30.0 Å². The Morgan fingerprint density at radius 2 is 2.29 bits per heavy atom. The van der Waals surface area contributed by atoms with Crippen molar-refractivity contribution in [1.82, 2.24) is 15.0 Å². The van der Waals surface area contributed by atoms with Gasteiger partial charge in [-0.1, -0.05) is 17.3 Å². The number of rotatable bonds is 4. The molecule has 24 heavy (non-hydrogen) atoms. The Morgan fingerprint density at radius 1 is 1.46 bits per heavy atom. The second kappa shape index (κ2) is 7.42. The minimum absolute atomic E-state index is 0.233. The third kappa shape index (κ3) is 3.72. The van der Waals surface area contributed by atoms with E-state index in [-0.39, 0.29) is 23.7 Å². The van der Waals surface area contributed by atoms with Gasteiger partial charge in [0.15, 0.2) is 0 Å². The van der Waals surface area contributed by atoms with Crippen molar-refractivity contribution in [2.75, 3.05) is 19.7 Å². The summed E-state index contributed by atoms with van der Waals surface area (Å²) in [4.78, 5) is 17.8. The van der Waals surface area contributed by atoms with Gasteiger partial charge in [0, 0.05) is 19.5 Å². The van der Waals surface area contributed by atoms with Gasteiger partial charge in [-0.2, -0.15) is 4.98 Å². The number of aromatic nitrogens is 2. The van der Waals surface area contributed by atoms with Gasteiger partial charge < -0.3 is 14.2 Å². The van der Waals surface area contributed by atoms with E-state index >= 15 is 0 Å². The molecule has 3 rings (SSSR count). The molecule has 0 N–H and O–H groups in total. The first-order valence-corrected chi connectivity index (χ1v) is 8.16. The standard InChI is InChI=1S/C17H20FN3O3/c1-2-23-17(22)21-9-5-6-12(11-21)10-15-19-16(20-24-15)13-7-3-4-8-14(13)18/h3-4,7-8,12H,2,5-6,9-11H2,1H3/t12-/m0/s1. The van der Waals surface area contributed by atoms with E-state index in [4.69, 9.17) is 9.26 Å². The molecule has 0 aliphatic carbocycles. The zero-order chi connectivity index (χ0) is 16.9. The Kier molecular flexibility index (Phi) is 5.08. The SMILES string of the molecule is CCOC(=O)N1CCC[C@@H](Cc2nc(-c3ccccc3F)no2)C1. The normalized spacial score (nSPS) is 17.8. The molecule has 1 aromatic carbocycles. The third-order valence-electron chi connectivity index (χ3n) is 4.09. The van der Waals surface area contributed by atoms with Crippen molar-refractivity contribution < 1.29 is 18.4 Å². The second-order valence-corrected chi connectivity index (χ2v) is 5.85. The quantitative estimate of drug-likeness (QED) is 0.859. The molecule has 2 aromatic rings. The van der Waals surface area contributed by atoms with Crippen molar-refractivity contribution in [3.05, 3.63) is 36.0 Å². The number of amides is 1. The fraction of sp³-hybridized carbons (Fsp3) is 0.471. The summed E-state index contributed by atoms with van der Waals surface area (Å²) in [6, 6.07) is 6.33. The lowest BCUT2D eigenvalue weighted by atomic mass is 9.95. The van der Waals surface area contributed by atoms with Crippen molar-refractivity contribution in [3.63, 3.8) is 0 Å². The zero-order valence-corrected chi connectivity index (χ0v) is 13.6. The van der Waals surface area contributed by atoms with Gasteiger partial charge >= 0.3 is 6.09 Å². The Bertz CT molecular complexity index is 704. The number of ether oxygens (including phenoxy) is 1. The van der Waals surface area contributed by atoms with Gasteiger partial charge in [-0.25, -0.2) is 9.18 Å². The van der Waals surface area contributed by atoms with Gasteiger partial charge in [0.2, 0.25) is 11.7 Å². The molecular weight excluding hydrogens is 313 g/mol. The summed E-state index contributed by atoms with van der Waals surface area (Å²) >= 11 is 0. The zero-order valence-electron chi connectivity index (χ0n) is 13.6. The summed E-state index contributed by atoms with van der Waals surface area (Å²) in [5.41, 5.74) is 0.323. The largest absolute Gasteiger partial charge is 0.450 e. The van der Waals surface area contributed by atoms with Crippen LogP contribution in [0, 0.1) is 11.7 Å². The van der Waals surface area contributed by atoms with Gasteiger partial charge in [-0.15, -0.1) is 0 Å². The van der Waals surface area contributed by atoms with Crippen molar-refractivity contribution in [2.45, 2.75) is 26.2 Å². The summed E-state index contributed by atoms with van der Waals surface area (Å²) in [6.07, 6.45) is 2.18. The van der Waals surface area contributed by atoms with Crippen molar-refractivity contribution in [3.8, 4) is 11.4 Å². The molecule has 1 saturated heterocycles. The van der Waals surface area contributed by atoms with E-state index in [9.17, 15) is 9.18 Å². The van der Waals surface area contributed by atoms with E-state index in [2.05, 4.69) is 10.1 Å². The van der Waals surface area contributed by atoms with Gasteiger partial charge in [0.05, 0.1) is 12.2 Å². The van der Waals surface area contributed by atoms with Crippen LogP contribution in [0.3, 0.4) is 0 Å². The number of halogens is 1. The highest BCUT2D eigenvalue weighted by Crippen LogP contribution is 2.23. The van der Waals surface area contributed by atoms with E-state index in [0.717, 1.165) is 12.8 Å². The average molecular weight is 333 g/mol. The molecule has 1 amide bonds. The van der Waals surface area contributed by atoms with Crippen LogP contribution in [0.5, 0.6) is 0 Å². The molecule has 2 heterocycles. The van der Waals surface area contributed by atoms with Crippen LogP contribution in [0.25, 0.3) is 11.4 Å². The molecule has 1 aliphatic heterocycles.